The zero-order valence-electron chi connectivity index (χ0n) is 13.0. The van der Waals surface area contributed by atoms with Crippen molar-refractivity contribution in [1.82, 2.24) is 4.90 Å². The highest BCUT2D eigenvalue weighted by atomic mass is 32.2. The van der Waals surface area contributed by atoms with Crippen LogP contribution >= 0.6 is 0 Å². The Morgan fingerprint density at radius 1 is 1.20 bits per heavy atom. The highest BCUT2D eigenvalue weighted by Crippen LogP contribution is 2.22. The number of piperidine rings is 1. The van der Waals surface area contributed by atoms with Crippen LogP contribution < -0.4 is 0 Å². The second-order valence-corrected chi connectivity index (χ2v) is 7.92. The zero-order valence-corrected chi connectivity index (χ0v) is 13.8. The van der Waals surface area contributed by atoms with E-state index >= 15 is 0 Å². The van der Waals surface area contributed by atoms with Gasteiger partial charge in [0.15, 0.2) is 0 Å². The standard InChI is InChI=1S/C17H27NOS/c1-4-15-5-7-16(8-6-15)20(19)17-9-11-18(12-10-17)13-14(2)3/h5-8,14,17H,4,9-13H2,1-3H3. The Morgan fingerprint density at radius 2 is 1.80 bits per heavy atom. The van der Waals surface area contributed by atoms with Gasteiger partial charge in [0.25, 0.3) is 0 Å². The second-order valence-electron chi connectivity index (χ2n) is 6.19. The monoisotopic (exact) mass is 293 g/mol. The van der Waals surface area contributed by atoms with Crippen molar-refractivity contribution in [2.75, 3.05) is 19.6 Å². The van der Waals surface area contributed by atoms with Crippen LogP contribution in [0.3, 0.4) is 0 Å². The molecular formula is C17H27NOS. The summed E-state index contributed by atoms with van der Waals surface area (Å²) in [6, 6.07) is 8.33. The van der Waals surface area contributed by atoms with E-state index in [1.54, 1.807) is 0 Å². The van der Waals surface area contributed by atoms with E-state index in [2.05, 4.69) is 49.9 Å². The van der Waals surface area contributed by atoms with E-state index in [4.69, 9.17) is 0 Å². The molecule has 0 bridgehead atoms. The molecular weight excluding hydrogens is 266 g/mol. The van der Waals surface area contributed by atoms with Crippen molar-refractivity contribution < 1.29 is 4.21 Å². The first kappa shape index (κ1) is 15.7. The van der Waals surface area contributed by atoms with Crippen LogP contribution in [-0.4, -0.2) is 34.0 Å². The van der Waals surface area contributed by atoms with E-state index in [-0.39, 0.29) is 0 Å². The Bertz CT molecular complexity index is 433. The maximum Gasteiger partial charge on any atom is 0.0561 e. The maximum absolute atomic E-state index is 12.6. The van der Waals surface area contributed by atoms with Crippen molar-refractivity contribution >= 4 is 10.8 Å². The Labute approximate surface area is 126 Å². The summed E-state index contributed by atoms with van der Waals surface area (Å²) in [5.41, 5.74) is 1.32. The Hall–Kier alpha value is -0.670. The molecule has 0 amide bonds. The summed E-state index contributed by atoms with van der Waals surface area (Å²) in [7, 11) is -0.834. The first-order chi connectivity index (χ1) is 9.60. The van der Waals surface area contributed by atoms with Gasteiger partial charge in [-0.3, -0.25) is 4.21 Å². The first-order valence-corrected chi connectivity index (χ1v) is 9.03. The Morgan fingerprint density at radius 3 is 2.30 bits per heavy atom. The molecule has 0 spiro atoms. The van der Waals surface area contributed by atoms with Gasteiger partial charge >= 0.3 is 0 Å². The molecule has 1 atom stereocenters. The fourth-order valence-corrected chi connectivity index (χ4v) is 4.30. The molecule has 2 nitrogen and oxygen atoms in total. The lowest BCUT2D eigenvalue weighted by atomic mass is 10.1. The summed E-state index contributed by atoms with van der Waals surface area (Å²) in [6.45, 7) is 10.0. The summed E-state index contributed by atoms with van der Waals surface area (Å²) in [6.07, 6.45) is 3.17. The zero-order chi connectivity index (χ0) is 14.5. The fraction of sp³-hybridized carbons (Fsp3) is 0.647. The average Bonchev–Trinajstić information content (AvgIpc) is 2.47. The lowest BCUT2D eigenvalue weighted by Gasteiger charge is -2.32. The Balaban J connectivity index is 1.90. The highest BCUT2D eigenvalue weighted by molar-refractivity contribution is 7.85. The predicted octanol–water partition coefficient (Wildman–Crippen LogP) is 3.48. The molecule has 1 aliphatic heterocycles. The van der Waals surface area contributed by atoms with Crippen molar-refractivity contribution in [1.29, 1.82) is 0 Å². The van der Waals surface area contributed by atoms with Crippen LogP contribution in [0.5, 0.6) is 0 Å². The van der Waals surface area contributed by atoms with Crippen LogP contribution in [-0.2, 0) is 17.2 Å². The first-order valence-electron chi connectivity index (χ1n) is 7.82. The fourth-order valence-electron chi connectivity index (χ4n) is 2.87. The molecule has 1 fully saturated rings. The van der Waals surface area contributed by atoms with Gasteiger partial charge in [-0.15, -0.1) is 0 Å². The van der Waals surface area contributed by atoms with Gasteiger partial charge in [-0.25, -0.2) is 0 Å². The molecule has 0 aromatic heterocycles. The topological polar surface area (TPSA) is 20.3 Å². The molecule has 0 saturated carbocycles. The van der Waals surface area contributed by atoms with E-state index in [1.807, 2.05) is 0 Å². The van der Waals surface area contributed by atoms with Crippen LogP contribution in [0.4, 0.5) is 0 Å². The van der Waals surface area contributed by atoms with Crippen molar-refractivity contribution in [2.24, 2.45) is 5.92 Å². The van der Waals surface area contributed by atoms with Gasteiger partial charge < -0.3 is 4.90 Å². The third-order valence-corrected chi connectivity index (χ3v) is 5.84. The third-order valence-electron chi connectivity index (χ3n) is 4.02. The van der Waals surface area contributed by atoms with Crippen molar-refractivity contribution in [2.45, 2.75) is 50.2 Å². The lowest BCUT2D eigenvalue weighted by molar-refractivity contribution is 0.208. The number of likely N-dealkylation sites (tertiary alicyclic amines) is 1. The summed E-state index contributed by atoms with van der Waals surface area (Å²) < 4.78 is 12.6. The van der Waals surface area contributed by atoms with Gasteiger partial charge in [-0.05, 0) is 56.0 Å². The van der Waals surface area contributed by atoms with Crippen molar-refractivity contribution in [3.05, 3.63) is 29.8 Å². The molecule has 112 valence electrons. The number of rotatable bonds is 5. The van der Waals surface area contributed by atoms with Crippen molar-refractivity contribution in [3.8, 4) is 0 Å². The van der Waals surface area contributed by atoms with E-state index in [1.165, 1.54) is 12.1 Å². The van der Waals surface area contributed by atoms with Crippen LogP contribution in [0.15, 0.2) is 29.2 Å². The summed E-state index contributed by atoms with van der Waals surface area (Å²) in [5, 5.41) is 0.339. The number of nitrogens with zero attached hydrogens (tertiary/aromatic N) is 1. The van der Waals surface area contributed by atoms with E-state index in [0.29, 0.717) is 5.25 Å². The maximum atomic E-state index is 12.6. The van der Waals surface area contributed by atoms with Gasteiger partial charge in [0.1, 0.15) is 0 Å². The summed E-state index contributed by atoms with van der Waals surface area (Å²) >= 11 is 0. The normalized spacial score (nSPS) is 19.4. The van der Waals surface area contributed by atoms with Gasteiger partial charge in [0, 0.05) is 16.7 Å². The molecule has 20 heavy (non-hydrogen) atoms. The average molecular weight is 293 g/mol. The molecule has 1 aliphatic rings. The molecule has 2 rings (SSSR count). The van der Waals surface area contributed by atoms with Gasteiger partial charge in [-0.1, -0.05) is 32.9 Å². The lowest BCUT2D eigenvalue weighted by Crippen LogP contribution is -2.39. The van der Waals surface area contributed by atoms with E-state index in [9.17, 15) is 4.21 Å². The molecule has 0 radical (unpaired) electrons. The number of hydrogen-bond donors (Lipinski definition) is 0. The second kappa shape index (κ2) is 7.37. The summed E-state index contributed by atoms with van der Waals surface area (Å²) in [5.74, 6) is 0.721. The SMILES string of the molecule is CCc1ccc(S(=O)C2CCN(CC(C)C)CC2)cc1. The minimum Gasteiger partial charge on any atom is -0.303 e. The molecule has 1 saturated heterocycles. The summed E-state index contributed by atoms with van der Waals surface area (Å²) in [4.78, 5) is 3.52. The molecule has 0 aliphatic carbocycles. The van der Waals surface area contributed by atoms with Crippen molar-refractivity contribution in [3.63, 3.8) is 0 Å². The highest BCUT2D eigenvalue weighted by Gasteiger charge is 2.24. The number of benzene rings is 1. The van der Waals surface area contributed by atoms with Gasteiger partial charge in [0.05, 0.1) is 10.8 Å². The van der Waals surface area contributed by atoms with Crippen LogP contribution in [0.25, 0.3) is 0 Å². The third kappa shape index (κ3) is 4.16. The molecule has 0 N–H and O–H groups in total. The minimum atomic E-state index is -0.834. The molecule has 3 heteroatoms. The van der Waals surface area contributed by atoms with E-state index < -0.39 is 10.8 Å². The smallest absolute Gasteiger partial charge is 0.0561 e. The molecule has 1 aromatic rings. The van der Waals surface area contributed by atoms with Gasteiger partial charge in [-0.2, -0.15) is 0 Å². The van der Waals surface area contributed by atoms with E-state index in [0.717, 1.165) is 43.2 Å². The predicted molar refractivity (Wildman–Crippen MR) is 86.5 cm³/mol. The Kier molecular flexibility index (Phi) is 5.79. The molecule has 1 unspecified atom stereocenters. The quantitative estimate of drug-likeness (QED) is 0.828. The molecule has 1 aromatic carbocycles. The largest absolute Gasteiger partial charge is 0.303 e. The van der Waals surface area contributed by atoms with Crippen LogP contribution in [0, 0.1) is 5.92 Å². The van der Waals surface area contributed by atoms with Crippen LogP contribution in [0.2, 0.25) is 0 Å². The minimum absolute atomic E-state index is 0.339. The molecule has 1 heterocycles. The number of aryl methyl sites for hydroxylation is 1. The number of hydrogen-bond acceptors (Lipinski definition) is 2. The van der Waals surface area contributed by atoms with Gasteiger partial charge in [0.2, 0.25) is 0 Å². The van der Waals surface area contributed by atoms with Crippen LogP contribution in [0.1, 0.15) is 39.2 Å².